The Labute approximate surface area is 139 Å². The molecule has 1 amide bonds. The molecule has 2 fully saturated rings. The Bertz CT molecular complexity index is 549. The first kappa shape index (κ1) is 17.1. The van der Waals surface area contributed by atoms with E-state index in [9.17, 15) is 13.6 Å². The summed E-state index contributed by atoms with van der Waals surface area (Å²) in [7, 11) is 0. The maximum Gasteiger partial charge on any atom is 0.255 e. The second-order valence-corrected chi connectivity index (χ2v) is 6.40. The molecular formula is C17H22F2N2O3. The van der Waals surface area contributed by atoms with Crippen LogP contribution in [0.1, 0.15) is 36.0 Å². The molecule has 0 atom stereocenters. The second-order valence-electron chi connectivity index (χ2n) is 6.40. The molecule has 1 aromatic rings. The lowest BCUT2D eigenvalue weighted by Gasteiger charge is -2.31. The maximum absolute atomic E-state index is 13.2. The zero-order chi connectivity index (χ0) is 17.0. The molecule has 24 heavy (non-hydrogen) atoms. The fourth-order valence-corrected chi connectivity index (χ4v) is 2.93. The highest BCUT2D eigenvalue weighted by molar-refractivity contribution is 5.94. The number of pyridine rings is 1. The van der Waals surface area contributed by atoms with Crippen molar-refractivity contribution in [2.24, 2.45) is 5.92 Å². The van der Waals surface area contributed by atoms with Crippen LogP contribution in [0.2, 0.25) is 0 Å². The molecule has 0 unspecified atom stereocenters. The Morgan fingerprint density at radius 3 is 2.62 bits per heavy atom. The molecule has 0 aromatic carbocycles. The van der Waals surface area contributed by atoms with Crippen molar-refractivity contribution in [1.29, 1.82) is 0 Å². The predicted molar refractivity (Wildman–Crippen MR) is 83.4 cm³/mol. The molecule has 3 heterocycles. The number of carbonyl (C=O) groups is 1. The van der Waals surface area contributed by atoms with Gasteiger partial charge in [-0.3, -0.25) is 4.79 Å². The lowest BCUT2D eigenvalue weighted by molar-refractivity contribution is -0.0494. The second kappa shape index (κ2) is 7.42. The van der Waals surface area contributed by atoms with Crippen LogP contribution < -0.4 is 4.74 Å². The van der Waals surface area contributed by atoms with Crippen LogP contribution in [0, 0.1) is 5.92 Å². The fraction of sp³-hybridized carbons (Fsp3) is 0.647. The van der Waals surface area contributed by atoms with Crippen LogP contribution in [0.4, 0.5) is 8.78 Å². The van der Waals surface area contributed by atoms with Gasteiger partial charge in [-0.05, 0) is 24.8 Å². The molecule has 0 saturated carbocycles. The van der Waals surface area contributed by atoms with E-state index in [0.29, 0.717) is 24.0 Å². The van der Waals surface area contributed by atoms with Crippen LogP contribution in [0.25, 0.3) is 0 Å². The standard InChI is InChI=1S/C17H22F2N2O3/c18-17(19)5-7-21(8-6-17)16(22)14-1-2-15(20-11-14)24-12-13-3-9-23-10-4-13/h1-2,11,13H,3-10,12H2. The first-order chi connectivity index (χ1) is 11.5. The minimum Gasteiger partial charge on any atom is -0.477 e. The Morgan fingerprint density at radius 2 is 2.00 bits per heavy atom. The summed E-state index contributed by atoms with van der Waals surface area (Å²) in [6.07, 6.45) is 2.86. The number of piperidine rings is 1. The predicted octanol–water partition coefficient (Wildman–Crippen LogP) is 2.76. The Hall–Kier alpha value is -1.76. The van der Waals surface area contributed by atoms with Crippen molar-refractivity contribution in [2.75, 3.05) is 32.9 Å². The summed E-state index contributed by atoms with van der Waals surface area (Å²) >= 11 is 0. The summed E-state index contributed by atoms with van der Waals surface area (Å²) < 4.78 is 37.3. The maximum atomic E-state index is 13.2. The van der Waals surface area contributed by atoms with E-state index in [1.807, 2.05) is 0 Å². The van der Waals surface area contributed by atoms with E-state index in [0.717, 1.165) is 26.1 Å². The van der Waals surface area contributed by atoms with E-state index in [1.165, 1.54) is 11.1 Å². The molecule has 0 aliphatic carbocycles. The quantitative estimate of drug-likeness (QED) is 0.846. The van der Waals surface area contributed by atoms with Crippen molar-refractivity contribution in [3.63, 3.8) is 0 Å². The highest BCUT2D eigenvalue weighted by Crippen LogP contribution is 2.28. The Balaban J connectivity index is 1.51. The largest absolute Gasteiger partial charge is 0.477 e. The number of hydrogen-bond donors (Lipinski definition) is 0. The molecule has 7 heteroatoms. The minimum atomic E-state index is -2.66. The summed E-state index contributed by atoms with van der Waals surface area (Å²) in [5.41, 5.74) is 0.402. The molecule has 0 bridgehead atoms. The lowest BCUT2D eigenvalue weighted by atomic mass is 10.0. The number of nitrogens with zero attached hydrogens (tertiary/aromatic N) is 2. The summed E-state index contributed by atoms with van der Waals surface area (Å²) in [5.74, 6) is -1.97. The van der Waals surface area contributed by atoms with Crippen LogP contribution in [-0.4, -0.2) is 54.6 Å². The van der Waals surface area contributed by atoms with Gasteiger partial charge in [0.25, 0.3) is 11.8 Å². The number of amides is 1. The van der Waals surface area contributed by atoms with Gasteiger partial charge >= 0.3 is 0 Å². The number of halogens is 2. The van der Waals surface area contributed by atoms with E-state index in [-0.39, 0.29) is 31.8 Å². The molecule has 2 aliphatic rings. The molecule has 0 radical (unpaired) electrons. The van der Waals surface area contributed by atoms with Crippen molar-refractivity contribution >= 4 is 5.91 Å². The Morgan fingerprint density at radius 1 is 1.29 bits per heavy atom. The molecule has 132 valence electrons. The van der Waals surface area contributed by atoms with Gasteiger partial charge in [0, 0.05) is 51.4 Å². The van der Waals surface area contributed by atoms with Gasteiger partial charge in [0.2, 0.25) is 5.88 Å². The van der Waals surface area contributed by atoms with E-state index < -0.39 is 5.92 Å². The molecule has 2 saturated heterocycles. The summed E-state index contributed by atoms with van der Waals surface area (Å²) in [5, 5.41) is 0. The number of hydrogen-bond acceptors (Lipinski definition) is 4. The van der Waals surface area contributed by atoms with Crippen molar-refractivity contribution in [3.05, 3.63) is 23.9 Å². The normalized spacial score (nSPS) is 21.5. The van der Waals surface area contributed by atoms with Gasteiger partial charge in [-0.25, -0.2) is 13.8 Å². The molecule has 1 aromatic heterocycles. The van der Waals surface area contributed by atoms with Crippen LogP contribution in [0.15, 0.2) is 18.3 Å². The fourth-order valence-electron chi connectivity index (χ4n) is 2.93. The van der Waals surface area contributed by atoms with Crippen molar-refractivity contribution < 1.29 is 23.0 Å². The van der Waals surface area contributed by atoms with Gasteiger partial charge in [-0.15, -0.1) is 0 Å². The van der Waals surface area contributed by atoms with Crippen LogP contribution in [-0.2, 0) is 4.74 Å². The van der Waals surface area contributed by atoms with E-state index in [2.05, 4.69) is 4.98 Å². The van der Waals surface area contributed by atoms with Gasteiger partial charge in [0.1, 0.15) is 0 Å². The summed E-state index contributed by atoms with van der Waals surface area (Å²) in [6, 6.07) is 3.30. The SMILES string of the molecule is O=C(c1ccc(OCC2CCOCC2)nc1)N1CCC(F)(F)CC1. The monoisotopic (exact) mass is 340 g/mol. The third kappa shape index (κ3) is 4.41. The van der Waals surface area contributed by atoms with Crippen LogP contribution in [0.5, 0.6) is 5.88 Å². The highest BCUT2D eigenvalue weighted by Gasteiger charge is 2.35. The number of likely N-dealkylation sites (tertiary alicyclic amines) is 1. The molecule has 5 nitrogen and oxygen atoms in total. The Kier molecular flexibility index (Phi) is 5.28. The van der Waals surface area contributed by atoms with E-state index in [4.69, 9.17) is 9.47 Å². The average Bonchev–Trinajstić information content (AvgIpc) is 2.61. The molecule has 3 rings (SSSR count). The summed E-state index contributed by atoms with van der Waals surface area (Å²) in [6.45, 7) is 2.28. The molecule has 0 N–H and O–H groups in total. The third-order valence-corrected chi connectivity index (χ3v) is 4.57. The zero-order valence-corrected chi connectivity index (χ0v) is 13.5. The van der Waals surface area contributed by atoms with Gasteiger partial charge in [-0.1, -0.05) is 0 Å². The van der Waals surface area contributed by atoms with Crippen molar-refractivity contribution in [2.45, 2.75) is 31.6 Å². The van der Waals surface area contributed by atoms with Crippen molar-refractivity contribution in [1.82, 2.24) is 9.88 Å². The first-order valence-corrected chi connectivity index (χ1v) is 8.37. The van der Waals surface area contributed by atoms with E-state index >= 15 is 0 Å². The smallest absolute Gasteiger partial charge is 0.255 e. The molecule has 0 spiro atoms. The lowest BCUT2D eigenvalue weighted by Crippen LogP contribution is -2.42. The van der Waals surface area contributed by atoms with Gasteiger partial charge in [-0.2, -0.15) is 0 Å². The average molecular weight is 340 g/mol. The van der Waals surface area contributed by atoms with Gasteiger partial charge < -0.3 is 14.4 Å². The molecular weight excluding hydrogens is 318 g/mol. The third-order valence-electron chi connectivity index (χ3n) is 4.57. The number of aromatic nitrogens is 1. The molecule has 2 aliphatic heterocycles. The van der Waals surface area contributed by atoms with E-state index in [1.54, 1.807) is 12.1 Å². The van der Waals surface area contributed by atoms with Crippen LogP contribution >= 0.6 is 0 Å². The number of rotatable bonds is 4. The topological polar surface area (TPSA) is 51.7 Å². The van der Waals surface area contributed by atoms with Crippen LogP contribution in [0.3, 0.4) is 0 Å². The van der Waals surface area contributed by atoms with Crippen molar-refractivity contribution in [3.8, 4) is 5.88 Å². The van der Waals surface area contributed by atoms with Gasteiger partial charge in [0.05, 0.1) is 12.2 Å². The zero-order valence-electron chi connectivity index (χ0n) is 13.5. The van der Waals surface area contributed by atoms with Gasteiger partial charge in [0.15, 0.2) is 0 Å². The first-order valence-electron chi connectivity index (χ1n) is 8.37. The number of ether oxygens (including phenoxy) is 2. The summed E-state index contributed by atoms with van der Waals surface area (Å²) in [4.78, 5) is 17.9. The highest BCUT2D eigenvalue weighted by atomic mass is 19.3. The minimum absolute atomic E-state index is 0.0772. The number of alkyl halides is 2. The number of carbonyl (C=O) groups excluding carboxylic acids is 1.